The van der Waals surface area contributed by atoms with Crippen LogP contribution in [0.2, 0.25) is 0 Å². The molecule has 0 aliphatic carbocycles. The fourth-order valence-corrected chi connectivity index (χ4v) is 3.52. The van der Waals surface area contributed by atoms with E-state index in [2.05, 4.69) is 0 Å². The van der Waals surface area contributed by atoms with Crippen LogP contribution < -0.4 is 0 Å². The highest BCUT2D eigenvalue weighted by Gasteiger charge is 2.59. The Labute approximate surface area is 112 Å². The molecule has 3 fully saturated rings. The highest BCUT2D eigenvalue weighted by atomic mass is 16.2. The fourth-order valence-electron chi connectivity index (χ4n) is 3.52. The Kier molecular flexibility index (Phi) is 2.59. The molecule has 3 rings (SSSR count). The number of likely N-dealkylation sites (tertiary alicyclic amines) is 1. The maximum atomic E-state index is 12.5. The highest BCUT2D eigenvalue weighted by Crippen LogP contribution is 2.39. The minimum atomic E-state index is -0.711. The molecule has 6 heteroatoms. The van der Waals surface area contributed by atoms with Gasteiger partial charge in [-0.3, -0.25) is 9.59 Å². The summed E-state index contributed by atoms with van der Waals surface area (Å²) in [4.78, 5) is 41.7. The van der Waals surface area contributed by atoms with Gasteiger partial charge in [-0.15, -0.1) is 0 Å². The van der Waals surface area contributed by atoms with E-state index in [1.807, 2.05) is 13.8 Å². The van der Waals surface area contributed by atoms with Crippen molar-refractivity contribution in [1.82, 2.24) is 14.7 Å². The van der Waals surface area contributed by atoms with Gasteiger partial charge in [0, 0.05) is 19.6 Å². The lowest BCUT2D eigenvalue weighted by Gasteiger charge is -2.22. The van der Waals surface area contributed by atoms with E-state index in [9.17, 15) is 14.4 Å². The summed E-state index contributed by atoms with van der Waals surface area (Å²) < 4.78 is 0. The molecule has 19 heavy (non-hydrogen) atoms. The molecular formula is C13H19N3O3. The molecule has 0 spiro atoms. The first-order chi connectivity index (χ1) is 9.00. The van der Waals surface area contributed by atoms with Crippen LogP contribution in [0.3, 0.4) is 0 Å². The summed E-state index contributed by atoms with van der Waals surface area (Å²) in [5.41, 5.74) is -0.711. The lowest BCUT2D eigenvalue weighted by atomic mass is 9.99. The number of hydrogen-bond donors (Lipinski definition) is 0. The number of carbonyl (C=O) groups excluding carboxylic acids is 3. The fraction of sp³-hybridized carbons (Fsp3) is 0.769. The number of carbonyl (C=O) groups is 3. The summed E-state index contributed by atoms with van der Waals surface area (Å²) in [7, 11) is 0. The van der Waals surface area contributed by atoms with Gasteiger partial charge in [0.05, 0.1) is 0 Å². The zero-order valence-electron chi connectivity index (χ0n) is 11.4. The number of hydrogen-bond acceptors (Lipinski definition) is 3. The van der Waals surface area contributed by atoms with Crippen molar-refractivity contribution in [3.63, 3.8) is 0 Å². The van der Waals surface area contributed by atoms with Crippen molar-refractivity contribution in [3.05, 3.63) is 0 Å². The minimum absolute atomic E-state index is 0.0889. The largest absolute Gasteiger partial charge is 0.341 e. The number of rotatable bonds is 2. The number of fused-ring (bicyclic) bond motifs is 1. The SMILES string of the molecule is CCN1CC[C@H](N2C(=O)N3CCC[C@]3(C)C2=O)C1=O. The lowest BCUT2D eigenvalue weighted by molar-refractivity contribution is -0.140. The lowest BCUT2D eigenvalue weighted by Crippen LogP contribution is -2.47. The van der Waals surface area contributed by atoms with E-state index < -0.39 is 11.6 Å². The highest BCUT2D eigenvalue weighted by molar-refractivity contribution is 6.10. The first-order valence-electron chi connectivity index (χ1n) is 6.94. The van der Waals surface area contributed by atoms with Crippen LogP contribution >= 0.6 is 0 Å². The van der Waals surface area contributed by atoms with E-state index in [-0.39, 0.29) is 17.8 Å². The van der Waals surface area contributed by atoms with Crippen LogP contribution in [-0.4, -0.2) is 63.8 Å². The van der Waals surface area contributed by atoms with Crippen LogP contribution in [0, 0.1) is 0 Å². The van der Waals surface area contributed by atoms with Crippen molar-refractivity contribution in [2.24, 2.45) is 0 Å². The zero-order valence-corrected chi connectivity index (χ0v) is 11.4. The van der Waals surface area contributed by atoms with Gasteiger partial charge in [0.2, 0.25) is 5.91 Å². The van der Waals surface area contributed by atoms with Gasteiger partial charge in [0.15, 0.2) is 0 Å². The van der Waals surface area contributed by atoms with Crippen LogP contribution in [0.15, 0.2) is 0 Å². The summed E-state index contributed by atoms with van der Waals surface area (Å²) in [6, 6.07) is -0.858. The molecule has 104 valence electrons. The number of urea groups is 1. The van der Waals surface area contributed by atoms with Crippen molar-refractivity contribution in [2.75, 3.05) is 19.6 Å². The molecule has 0 radical (unpaired) electrons. The molecule has 3 aliphatic heterocycles. The molecular weight excluding hydrogens is 246 g/mol. The Morgan fingerprint density at radius 2 is 2.00 bits per heavy atom. The van der Waals surface area contributed by atoms with Crippen molar-refractivity contribution >= 4 is 17.8 Å². The summed E-state index contributed by atoms with van der Waals surface area (Å²) in [5.74, 6) is -0.278. The molecule has 2 atom stereocenters. The third kappa shape index (κ3) is 1.45. The summed E-state index contributed by atoms with van der Waals surface area (Å²) in [6.07, 6.45) is 2.13. The van der Waals surface area contributed by atoms with Gasteiger partial charge >= 0.3 is 6.03 Å². The Morgan fingerprint density at radius 1 is 1.26 bits per heavy atom. The Bertz CT molecular complexity index is 464. The van der Waals surface area contributed by atoms with E-state index in [4.69, 9.17) is 0 Å². The number of nitrogens with zero attached hydrogens (tertiary/aromatic N) is 3. The van der Waals surface area contributed by atoms with Crippen molar-refractivity contribution in [3.8, 4) is 0 Å². The van der Waals surface area contributed by atoms with Gasteiger partial charge < -0.3 is 9.80 Å². The first-order valence-corrected chi connectivity index (χ1v) is 6.94. The standard InChI is InChI=1S/C13H19N3O3/c1-3-14-8-5-9(10(14)17)16-11(18)13(2)6-4-7-15(13)12(16)19/h9H,3-8H2,1-2H3/t9-,13+/m0/s1. The molecule has 0 bridgehead atoms. The van der Waals surface area contributed by atoms with Gasteiger partial charge in [-0.05, 0) is 33.1 Å². The van der Waals surface area contributed by atoms with E-state index >= 15 is 0 Å². The smallest absolute Gasteiger partial charge is 0.328 e. The summed E-state index contributed by atoms with van der Waals surface area (Å²) in [5, 5.41) is 0. The molecule has 0 saturated carbocycles. The monoisotopic (exact) mass is 265 g/mol. The maximum Gasteiger partial charge on any atom is 0.328 e. The Hall–Kier alpha value is -1.59. The van der Waals surface area contributed by atoms with Gasteiger partial charge in [0.25, 0.3) is 5.91 Å². The van der Waals surface area contributed by atoms with Gasteiger partial charge in [-0.25, -0.2) is 9.69 Å². The van der Waals surface area contributed by atoms with E-state index in [1.54, 1.807) is 9.80 Å². The summed E-state index contributed by atoms with van der Waals surface area (Å²) in [6.45, 7) is 5.61. The van der Waals surface area contributed by atoms with Crippen molar-refractivity contribution in [2.45, 2.75) is 44.7 Å². The van der Waals surface area contributed by atoms with Crippen molar-refractivity contribution in [1.29, 1.82) is 0 Å². The first kappa shape index (κ1) is 12.4. The molecule has 6 nitrogen and oxygen atoms in total. The number of imide groups is 1. The second-order valence-corrected chi connectivity index (χ2v) is 5.71. The van der Waals surface area contributed by atoms with Crippen LogP contribution in [0.5, 0.6) is 0 Å². The average Bonchev–Trinajstić information content (AvgIpc) is 2.98. The topological polar surface area (TPSA) is 60.9 Å². The maximum absolute atomic E-state index is 12.5. The molecule has 4 amide bonds. The molecule has 3 heterocycles. The predicted molar refractivity (Wildman–Crippen MR) is 67.2 cm³/mol. The van der Waals surface area contributed by atoms with E-state index in [0.29, 0.717) is 32.5 Å². The normalized spacial score (nSPS) is 34.7. The van der Waals surface area contributed by atoms with Gasteiger partial charge in [-0.2, -0.15) is 0 Å². The quantitative estimate of drug-likeness (QED) is 0.680. The van der Waals surface area contributed by atoms with Crippen LogP contribution in [0.1, 0.15) is 33.1 Å². The second-order valence-electron chi connectivity index (χ2n) is 5.71. The zero-order chi connectivity index (χ0) is 13.8. The Balaban J connectivity index is 1.89. The molecule has 3 saturated heterocycles. The number of likely N-dealkylation sites (N-methyl/N-ethyl adjacent to an activating group) is 1. The van der Waals surface area contributed by atoms with Crippen LogP contribution in [0.4, 0.5) is 4.79 Å². The molecule has 0 aromatic carbocycles. The predicted octanol–water partition coefficient (Wildman–Crippen LogP) is 0.424. The molecule has 0 aromatic rings. The molecule has 0 N–H and O–H groups in total. The van der Waals surface area contributed by atoms with Crippen molar-refractivity contribution < 1.29 is 14.4 Å². The van der Waals surface area contributed by atoms with E-state index in [1.165, 1.54) is 4.90 Å². The third-order valence-corrected chi connectivity index (χ3v) is 4.72. The third-order valence-electron chi connectivity index (χ3n) is 4.72. The number of amides is 4. The Morgan fingerprint density at radius 3 is 2.58 bits per heavy atom. The average molecular weight is 265 g/mol. The van der Waals surface area contributed by atoms with Gasteiger partial charge in [0.1, 0.15) is 11.6 Å². The van der Waals surface area contributed by atoms with Crippen LogP contribution in [-0.2, 0) is 9.59 Å². The second kappa shape index (κ2) is 3.95. The minimum Gasteiger partial charge on any atom is -0.341 e. The van der Waals surface area contributed by atoms with E-state index in [0.717, 1.165) is 6.42 Å². The summed E-state index contributed by atoms with van der Waals surface area (Å²) >= 11 is 0. The molecule has 0 unspecified atom stereocenters. The molecule has 3 aliphatic rings. The molecule has 0 aromatic heterocycles. The van der Waals surface area contributed by atoms with Crippen LogP contribution in [0.25, 0.3) is 0 Å². The van der Waals surface area contributed by atoms with Gasteiger partial charge in [-0.1, -0.05) is 0 Å².